The van der Waals surface area contributed by atoms with E-state index in [-0.39, 0.29) is 30.2 Å². The van der Waals surface area contributed by atoms with Gasteiger partial charge in [-0.15, -0.1) is 0 Å². The number of rotatable bonds is 3. The van der Waals surface area contributed by atoms with E-state index in [1.54, 1.807) is 34.1 Å². The summed E-state index contributed by atoms with van der Waals surface area (Å²) >= 11 is 0. The summed E-state index contributed by atoms with van der Waals surface area (Å²) in [6.07, 6.45) is 0. The molecule has 0 saturated carbocycles. The SMILES string of the molecule is CC(=O)c1cccc(C(=O)N2CC(=O)N(c3cccc(C)c3)C[C@@H]2C)c1. The molecule has 2 amide bonds. The highest BCUT2D eigenvalue weighted by molar-refractivity contribution is 6.03. The van der Waals surface area contributed by atoms with Gasteiger partial charge < -0.3 is 9.80 Å². The van der Waals surface area contributed by atoms with Crippen LogP contribution in [-0.2, 0) is 4.79 Å². The Labute approximate surface area is 153 Å². The Morgan fingerprint density at radius 2 is 1.73 bits per heavy atom. The summed E-state index contributed by atoms with van der Waals surface area (Å²) < 4.78 is 0. The lowest BCUT2D eigenvalue weighted by molar-refractivity contribution is -0.121. The van der Waals surface area contributed by atoms with Gasteiger partial charge in [0.25, 0.3) is 5.91 Å². The molecule has 0 N–H and O–H groups in total. The second kappa shape index (κ2) is 7.12. The first-order valence-corrected chi connectivity index (χ1v) is 8.66. The first kappa shape index (κ1) is 17.9. The zero-order valence-electron chi connectivity index (χ0n) is 15.2. The fourth-order valence-corrected chi connectivity index (χ4v) is 3.21. The van der Waals surface area contributed by atoms with Gasteiger partial charge in [-0.1, -0.05) is 24.3 Å². The van der Waals surface area contributed by atoms with Crippen molar-refractivity contribution in [2.24, 2.45) is 0 Å². The predicted octanol–water partition coefficient (Wildman–Crippen LogP) is 3.08. The molecule has 1 atom stereocenters. The molecular formula is C21H22N2O3. The molecule has 0 bridgehead atoms. The molecule has 0 aromatic heterocycles. The minimum atomic E-state index is -0.224. The number of hydrogen-bond donors (Lipinski definition) is 0. The van der Waals surface area contributed by atoms with Crippen LogP contribution < -0.4 is 4.90 Å². The standard InChI is InChI=1S/C21H22N2O3/c1-14-6-4-9-19(10-14)23-12-15(2)22(13-20(23)25)21(26)18-8-5-7-17(11-18)16(3)24/h4-11,15H,12-13H2,1-3H3/t15-/m0/s1. The van der Waals surface area contributed by atoms with E-state index in [1.807, 2.05) is 38.1 Å². The van der Waals surface area contributed by atoms with Crippen molar-refractivity contribution in [3.05, 3.63) is 65.2 Å². The lowest BCUT2D eigenvalue weighted by atomic mass is 10.0. The Balaban J connectivity index is 1.81. The lowest BCUT2D eigenvalue weighted by Gasteiger charge is -2.39. The summed E-state index contributed by atoms with van der Waals surface area (Å²) in [5, 5.41) is 0. The van der Waals surface area contributed by atoms with E-state index in [9.17, 15) is 14.4 Å². The Hall–Kier alpha value is -2.95. The molecule has 0 radical (unpaired) electrons. The van der Waals surface area contributed by atoms with Gasteiger partial charge in [-0.3, -0.25) is 14.4 Å². The monoisotopic (exact) mass is 350 g/mol. The molecule has 1 saturated heterocycles. The normalized spacial score (nSPS) is 17.3. The molecule has 5 nitrogen and oxygen atoms in total. The van der Waals surface area contributed by atoms with Gasteiger partial charge in [0, 0.05) is 29.4 Å². The van der Waals surface area contributed by atoms with Gasteiger partial charge in [-0.2, -0.15) is 0 Å². The number of ketones is 1. The second-order valence-corrected chi connectivity index (χ2v) is 6.76. The van der Waals surface area contributed by atoms with E-state index in [4.69, 9.17) is 0 Å². The molecule has 1 heterocycles. The van der Waals surface area contributed by atoms with Gasteiger partial charge in [0.2, 0.25) is 5.91 Å². The highest BCUT2D eigenvalue weighted by atomic mass is 16.2. The predicted molar refractivity (Wildman–Crippen MR) is 100 cm³/mol. The number of benzene rings is 2. The van der Waals surface area contributed by atoms with Crippen molar-refractivity contribution >= 4 is 23.3 Å². The summed E-state index contributed by atoms with van der Waals surface area (Å²) in [5.41, 5.74) is 2.87. The molecule has 1 fully saturated rings. The number of carbonyl (C=O) groups excluding carboxylic acids is 3. The average Bonchev–Trinajstić information content (AvgIpc) is 2.62. The average molecular weight is 350 g/mol. The van der Waals surface area contributed by atoms with Crippen molar-refractivity contribution in [1.29, 1.82) is 0 Å². The van der Waals surface area contributed by atoms with Crippen LogP contribution in [0.2, 0.25) is 0 Å². The van der Waals surface area contributed by atoms with Crippen LogP contribution in [0.25, 0.3) is 0 Å². The van der Waals surface area contributed by atoms with Gasteiger partial charge in [-0.25, -0.2) is 0 Å². The second-order valence-electron chi connectivity index (χ2n) is 6.76. The van der Waals surface area contributed by atoms with E-state index in [1.165, 1.54) is 6.92 Å². The van der Waals surface area contributed by atoms with E-state index < -0.39 is 0 Å². The number of anilines is 1. The molecule has 0 aliphatic carbocycles. The van der Waals surface area contributed by atoms with Crippen LogP contribution in [-0.4, -0.2) is 41.6 Å². The number of hydrogen-bond acceptors (Lipinski definition) is 3. The Kier molecular flexibility index (Phi) is 4.89. The third-order valence-electron chi connectivity index (χ3n) is 4.68. The molecule has 5 heteroatoms. The number of carbonyl (C=O) groups is 3. The molecule has 26 heavy (non-hydrogen) atoms. The molecule has 0 unspecified atom stereocenters. The van der Waals surface area contributed by atoms with Crippen molar-refractivity contribution in [2.75, 3.05) is 18.0 Å². The minimum Gasteiger partial charge on any atom is -0.325 e. The zero-order chi connectivity index (χ0) is 18.8. The molecule has 2 aromatic carbocycles. The molecule has 3 rings (SSSR count). The third kappa shape index (κ3) is 3.52. The largest absolute Gasteiger partial charge is 0.325 e. The maximum atomic E-state index is 12.9. The first-order valence-electron chi connectivity index (χ1n) is 8.66. The number of Topliss-reactive ketones (excluding diaryl/α,β-unsaturated/α-hetero) is 1. The maximum Gasteiger partial charge on any atom is 0.254 e. The zero-order valence-corrected chi connectivity index (χ0v) is 15.2. The minimum absolute atomic E-state index is 0.0260. The van der Waals surface area contributed by atoms with E-state index >= 15 is 0 Å². The highest BCUT2D eigenvalue weighted by Gasteiger charge is 2.33. The summed E-state index contributed by atoms with van der Waals surface area (Å²) in [4.78, 5) is 40.4. The van der Waals surface area contributed by atoms with Crippen LogP contribution in [0, 0.1) is 6.92 Å². The Morgan fingerprint density at radius 1 is 1.04 bits per heavy atom. The van der Waals surface area contributed by atoms with Crippen LogP contribution in [0.1, 0.15) is 40.1 Å². The molecule has 1 aliphatic heterocycles. The molecule has 134 valence electrons. The van der Waals surface area contributed by atoms with Crippen LogP contribution in [0.5, 0.6) is 0 Å². The Morgan fingerprint density at radius 3 is 2.42 bits per heavy atom. The van der Waals surface area contributed by atoms with Crippen LogP contribution >= 0.6 is 0 Å². The number of aryl methyl sites for hydroxylation is 1. The molecular weight excluding hydrogens is 328 g/mol. The summed E-state index contributed by atoms with van der Waals surface area (Å²) in [7, 11) is 0. The van der Waals surface area contributed by atoms with Gasteiger partial charge in [0.1, 0.15) is 6.54 Å². The third-order valence-corrected chi connectivity index (χ3v) is 4.68. The Bertz CT molecular complexity index is 875. The fourth-order valence-electron chi connectivity index (χ4n) is 3.21. The number of nitrogens with zero attached hydrogens (tertiary/aromatic N) is 2. The van der Waals surface area contributed by atoms with Crippen molar-refractivity contribution in [2.45, 2.75) is 26.8 Å². The number of piperazine rings is 1. The molecule has 1 aliphatic rings. The van der Waals surface area contributed by atoms with Crippen molar-refractivity contribution in [3.8, 4) is 0 Å². The van der Waals surface area contributed by atoms with Gasteiger partial charge in [-0.05, 0) is 50.6 Å². The first-order chi connectivity index (χ1) is 12.4. The van der Waals surface area contributed by atoms with Crippen molar-refractivity contribution in [3.63, 3.8) is 0 Å². The highest BCUT2D eigenvalue weighted by Crippen LogP contribution is 2.22. The quantitative estimate of drug-likeness (QED) is 0.800. The van der Waals surface area contributed by atoms with E-state index in [2.05, 4.69) is 0 Å². The van der Waals surface area contributed by atoms with Gasteiger partial charge in [0.05, 0.1) is 0 Å². The number of amides is 2. The van der Waals surface area contributed by atoms with Crippen LogP contribution in [0.15, 0.2) is 48.5 Å². The van der Waals surface area contributed by atoms with Crippen LogP contribution in [0.3, 0.4) is 0 Å². The van der Waals surface area contributed by atoms with Crippen molar-refractivity contribution in [1.82, 2.24) is 4.90 Å². The summed E-state index contributed by atoms with van der Waals surface area (Å²) in [5.74, 6) is -0.421. The van der Waals surface area contributed by atoms with Crippen LogP contribution in [0.4, 0.5) is 5.69 Å². The van der Waals surface area contributed by atoms with E-state index in [0.29, 0.717) is 17.7 Å². The lowest BCUT2D eigenvalue weighted by Crippen LogP contribution is -2.57. The topological polar surface area (TPSA) is 57.7 Å². The summed E-state index contributed by atoms with van der Waals surface area (Å²) in [6, 6.07) is 14.3. The molecule has 0 spiro atoms. The molecule has 2 aromatic rings. The summed E-state index contributed by atoms with van der Waals surface area (Å²) in [6.45, 7) is 5.86. The fraction of sp³-hybridized carbons (Fsp3) is 0.286. The van der Waals surface area contributed by atoms with Gasteiger partial charge in [0.15, 0.2) is 5.78 Å². The van der Waals surface area contributed by atoms with E-state index in [0.717, 1.165) is 11.3 Å². The maximum absolute atomic E-state index is 12.9. The smallest absolute Gasteiger partial charge is 0.254 e. The van der Waals surface area contributed by atoms with Crippen molar-refractivity contribution < 1.29 is 14.4 Å². The van der Waals surface area contributed by atoms with Gasteiger partial charge >= 0.3 is 0 Å².